The van der Waals surface area contributed by atoms with Crippen molar-refractivity contribution in [1.29, 1.82) is 0 Å². The highest BCUT2D eigenvalue weighted by atomic mass is 16.1. The summed E-state index contributed by atoms with van der Waals surface area (Å²) < 4.78 is 1.63. The SMILES string of the molecule is Cn1cc(NC(=O)Cc2ccccc2N)cn1. The number of hydrogen-bond donors (Lipinski definition) is 2. The van der Waals surface area contributed by atoms with Crippen LogP contribution < -0.4 is 11.1 Å². The molecule has 3 N–H and O–H groups in total. The van der Waals surface area contributed by atoms with Crippen molar-refractivity contribution in [2.24, 2.45) is 7.05 Å². The number of nitrogens with two attached hydrogens (primary N) is 1. The smallest absolute Gasteiger partial charge is 0.228 e. The lowest BCUT2D eigenvalue weighted by Gasteiger charge is -2.05. The van der Waals surface area contributed by atoms with Crippen molar-refractivity contribution in [3.8, 4) is 0 Å². The summed E-state index contributed by atoms with van der Waals surface area (Å²) in [5.74, 6) is -0.101. The van der Waals surface area contributed by atoms with Gasteiger partial charge in [0.05, 0.1) is 18.3 Å². The van der Waals surface area contributed by atoms with Crippen LogP contribution in [0.4, 0.5) is 11.4 Å². The molecule has 0 radical (unpaired) electrons. The van der Waals surface area contributed by atoms with Gasteiger partial charge in [-0.15, -0.1) is 0 Å². The summed E-state index contributed by atoms with van der Waals surface area (Å²) in [4.78, 5) is 11.7. The van der Waals surface area contributed by atoms with Crippen molar-refractivity contribution < 1.29 is 4.79 Å². The molecule has 0 unspecified atom stereocenters. The Morgan fingerprint density at radius 2 is 2.24 bits per heavy atom. The highest BCUT2D eigenvalue weighted by molar-refractivity contribution is 5.92. The average molecular weight is 230 g/mol. The summed E-state index contributed by atoms with van der Waals surface area (Å²) in [5, 5.41) is 6.73. The number of aryl methyl sites for hydroxylation is 1. The van der Waals surface area contributed by atoms with Crippen LogP contribution in [0.5, 0.6) is 0 Å². The number of rotatable bonds is 3. The number of amides is 1. The third kappa shape index (κ3) is 2.84. The predicted octanol–water partition coefficient (Wildman–Crippen LogP) is 1.18. The first-order valence-corrected chi connectivity index (χ1v) is 5.27. The van der Waals surface area contributed by atoms with E-state index in [9.17, 15) is 4.79 Å². The van der Waals surface area contributed by atoms with Crippen LogP contribution in [0.15, 0.2) is 36.7 Å². The third-order valence-corrected chi connectivity index (χ3v) is 2.39. The second kappa shape index (κ2) is 4.69. The van der Waals surface area contributed by atoms with E-state index in [1.807, 2.05) is 18.2 Å². The van der Waals surface area contributed by atoms with Crippen LogP contribution in [-0.4, -0.2) is 15.7 Å². The van der Waals surface area contributed by atoms with Crippen molar-refractivity contribution in [3.05, 3.63) is 42.2 Å². The van der Waals surface area contributed by atoms with Crippen molar-refractivity contribution in [2.75, 3.05) is 11.1 Å². The van der Waals surface area contributed by atoms with Gasteiger partial charge in [0, 0.05) is 18.9 Å². The number of hydrogen-bond acceptors (Lipinski definition) is 3. The summed E-state index contributed by atoms with van der Waals surface area (Å²) in [6.07, 6.45) is 3.61. The zero-order valence-electron chi connectivity index (χ0n) is 9.55. The molecule has 17 heavy (non-hydrogen) atoms. The number of para-hydroxylation sites is 1. The Balaban J connectivity index is 2.01. The van der Waals surface area contributed by atoms with E-state index in [4.69, 9.17) is 5.73 Å². The molecule has 0 spiro atoms. The molecular formula is C12H14N4O. The molecule has 1 amide bonds. The molecule has 5 nitrogen and oxygen atoms in total. The number of nitrogens with one attached hydrogen (secondary N) is 1. The molecular weight excluding hydrogens is 216 g/mol. The number of nitrogens with zero attached hydrogens (tertiary/aromatic N) is 2. The van der Waals surface area contributed by atoms with Gasteiger partial charge in [-0.05, 0) is 11.6 Å². The molecule has 0 fully saturated rings. The van der Waals surface area contributed by atoms with Crippen molar-refractivity contribution in [2.45, 2.75) is 6.42 Å². The summed E-state index contributed by atoms with van der Waals surface area (Å²) >= 11 is 0. The first-order chi connectivity index (χ1) is 8.15. The second-order valence-electron chi connectivity index (χ2n) is 3.83. The van der Waals surface area contributed by atoms with Crippen LogP contribution in [0.2, 0.25) is 0 Å². The third-order valence-electron chi connectivity index (χ3n) is 2.39. The van der Waals surface area contributed by atoms with Crippen LogP contribution in [0, 0.1) is 0 Å². The summed E-state index contributed by atoms with van der Waals surface area (Å²) in [5.41, 5.74) is 7.92. The molecule has 0 saturated carbocycles. The lowest BCUT2D eigenvalue weighted by Crippen LogP contribution is -2.14. The molecule has 1 aromatic heterocycles. The normalized spacial score (nSPS) is 10.2. The van der Waals surface area contributed by atoms with Gasteiger partial charge >= 0.3 is 0 Å². The Morgan fingerprint density at radius 3 is 2.88 bits per heavy atom. The van der Waals surface area contributed by atoms with E-state index in [0.717, 1.165) is 5.56 Å². The predicted molar refractivity (Wildman–Crippen MR) is 66.4 cm³/mol. The molecule has 0 bridgehead atoms. The highest BCUT2D eigenvalue weighted by Gasteiger charge is 2.07. The standard InChI is InChI=1S/C12H14N4O/c1-16-8-10(7-14-16)15-12(17)6-9-4-2-3-5-11(9)13/h2-5,7-8H,6,13H2,1H3,(H,15,17). The maximum atomic E-state index is 11.7. The Labute approximate surface area is 99.2 Å². The number of carbonyl (C=O) groups is 1. The van der Waals surface area contributed by atoms with E-state index in [2.05, 4.69) is 10.4 Å². The van der Waals surface area contributed by atoms with Crippen molar-refractivity contribution in [1.82, 2.24) is 9.78 Å². The molecule has 0 aliphatic heterocycles. The lowest BCUT2D eigenvalue weighted by molar-refractivity contribution is -0.115. The average Bonchev–Trinajstić information content (AvgIpc) is 2.67. The van der Waals surface area contributed by atoms with Gasteiger partial charge in [-0.1, -0.05) is 18.2 Å². The topological polar surface area (TPSA) is 72.9 Å². The maximum Gasteiger partial charge on any atom is 0.228 e. The maximum absolute atomic E-state index is 11.7. The zero-order valence-corrected chi connectivity index (χ0v) is 9.55. The lowest BCUT2D eigenvalue weighted by atomic mass is 10.1. The van der Waals surface area contributed by atoms with E-state index in [1.165, 1.54) is 0 Å². The molecule has 0 aliphatic carbocycles. The van der Waals surface area contributed by atoms with Gasteiger partial charge in [0.2, 0.25) is 5.91 Å². The first-order valence-electron chi connectivity index (χ1n) is 5.27. The minimum atomic E-state index is -0.101. The Bertz CT molecular complexity index is 533. The summed E-state index contributed by atoms with van der Waals surface area (Å²) in [6.45, 7) is 0. The molecule has 2 aromatic rings. The van der Waals surface area contributed by atoms with E-state index in [1.54, 1.807) is 30.2 Å². The van der Waals surface area contributed by atoms with Gasteiger partial charge in [0.15, 0.2) is 0 Å². The zero-order chi connectivity index (χ0) is 12.3. The van der Waals surface area contributed by atoms with Gasteiger partial charge in [-0.2, -0.15) is 5.10 Å². The van der Waals surface area contributed by atoms with Crippen molar-refractivity contribution in [3.63, 3.8) is 0 Å². The monoisotopic (exact) mass is 230 g/mol. The fourth-order valence-electron chi connectivity index (χ4n) is 1.56. The van der Waals surface area contributed by atoms with Crippen molar-refractivity contribution >= 4 is 17.3 Å². The fourth-order valence-corrected chi connectivity index (χ4v) is 1.56. The number of anilines is 2. The number of carbonyl (C=O) groups excluding carboxylic acids is 1. The van der Waals surface area contributed by atoms with Gasteiger partial charge in [0.1, 0.15) is 0 Å². The van der Waals surface area contributed by atoms with E-state index < -0.39 is 0 Å². The van der Waals surface area contributed by atoms with Gasteiger partial charge in [0.25, 0.3) is 0 Å². The Morgan fingerprint density at radius 1 is 1.47 bits per heavy atom. The van der Waals surface area contributed by atoms with Gasteiger partial charge in [-0.3, -0.25) is 9.48 Å². The van der Waals surface area contributed by atoms with Gasteiger partial charge in [-0.25, -0.2) is 0 Å². The van der Waals surface area contributed by atoms with Crippen LogP contribution in [-0.2, 0) is 18.3 Å². The highest BCUT2D eigenvalue weighted by Crippen LogP contribution is 2.12. The number of aromatic nitrogens is 2. The minimum absolute atomic E-state index is 0.101. The molecule has 0 aliphatic rings. The molecule has 1 aromatic carbocycles. The Kier molecular flexibility index (Phi) is 3.09. The van der Waals surface area contributed by atoms with E-state index in [-0.39, 0.29) is 12.3 Å². The fraction of sp³-hybridized carbons (Fsp3) is 0.167. The minimum Gasteiger partial charge on any atom is -0.398 e. The molecule has 5 heteroatoms. The first kappa shape index (κ1) is 11.2. The largest absolute Gasteiger partial charge is 0.398 e. The number of nitrogen functional groups attached to an aromatic ring is 1. The molecule has 0 saturated heterocycles. The van der Waals surface area contributed by atoms with E-state index >= 15 is 0 Å². The second-order valence-corrected chi connectivity index (χ2v) is 3.83. The number of benzene rings is 1. The van der Waals surface area contributed by atoms with Crippen LogP contribution in [0.1, 0.15) is 5.56 Å². The van der Waals surface area contributed by atoms with Crippen LogP contribution >= 0.6 is 0 Å². The molecule has 2 rings (SSSR count). The Hall–Kier alpha value is -2.30. The van der Waals surface area contributed by atoms with E-state index in [0.29, 0.717) is 11.4 Å². The van der Waals surface area contributed by atoms with Crippen LogP contribution in [0.25, 0.3) is 0 Å². The summed E-state index contributed by atoms with van der Waals surface area (Å²) in [7, 11) is 1.80. The quantitative estimate of drug-likeness (QED) is 0.778. The summed E-state index contributed by atoms with van der Waals surface area (Å²) in [6, 6.07) is 7.34. The molecule has 88 valence electrons. The molecule has 0 atom stereocenters. The van der Waals surface area contributed by atoms with Crippen LogP contribution in [0.3, 0.4) is 0 Å². The molecule has 1 heterocycles. The van der Waals surface area contributed by atoms with Gasteiger partial charge < -0.3 is 11.1 Å².